The number of carbonyl (C=O) groups excluding carboxylic acids is 1. The van der Waals surface area contributed by atoms with Crippen molar-refractivity contribution in [1.82, 2.24) is 19.2 Å². The number of amides is 2. The van der Waals surface area contributed by atoms with Crippen LogP contribution >= 0.6 is 0 Å². The fourth-order valence-electron chi connectivity index (χ4n) is 4.53. The Hall–Kier alpha value is -2.57. The molecule has 0 unspecified atom stereocenters. The first kappa shape index (κ1) is 18.8. The minimum absolute atomic E-state index is 0.00151. The molecule has 2 aromatic rings. The monoisotopic (exact) mass is 383 g/mol. The lowest BCUT2D eigenvalue weighted by molar-refractivity contribution is 0.192. The number of urea groups is 1. The van der Waals surface area contributed by atoms with Crippen molar-refractivity contribution < 1.29 is 4.79 Å². The molecular formula is C21H29N5O2. The van der Waals surface area contributed by atoms with Crippen LogP contribution in [0.1, 0.15) is 61.9 Å². The molecule has 1 saturated carbocycles. The minimum atomic E-state index is -0.0537. The van der Waals surface area contributed by atoms with Crippen LogP contribution in [0.15, 0.2) is 29.1 Å². The van der Waals surface area contributed by atoms with Crippen molar-refractivity contribution in [3.63, 3.8) is 0 Å². The maximum absolute atomic E-state index is 12.6. The summed E-state index contributed by atoms with van der Waals surface area (Å²) < 4.78 is 3.42. The van der Waals surface area contributed by atoms with Gasteiger partial charge in [-0.1, -0.05) is 31.0 Å². The van der Waals surface area contributed by atoms with Gasteiger partial charge in [0.1, 0.15) is 5.82 Å². The Labute approximate surface area is 165 Å². The van der Waals surface area contributed by atoms with Crippen LogP contribution in [0.3, 0.4) is 0 Å². The van der Waals surface area contributed by atoms with E-state index in [0.29, 0.717) is 19.1 Å². The maximum Gasteiger partial charge on any atom is 0.345 e. The van der Waals surface area contributed by atoms with E-state index >= 15 is 0 Å². The van der Waals surface area contributed by atoms with Gasteiger partial charge in [0.2, 0.25) is 0 Å². The van der Waals surface area contributed by atoms with Crippen LogP contribution in [0.5, 0.6) is 0 Å². The SMILES string of the molecule is Cc1ccccc1NC(=O)N1CCC(c2nn(C)c(=O)n2C2CCCC2)CC1. The summed E-state index contributed by atoms with van der Waals surface area (Å²) in [5.74, 6) is 1.15. The first-order valence-electron chi connectivity index (χ1n) is 10.3. The highest BCUT2D eigenvalue weighted by Gasteiger charge is 2.31. The third-order valence-electron chi connectivity index (χ3n) is 6.21. The third-order valence-corrected chi connectivity index (χ3v) is 6.21. The Morgan fingerprint density at radius 1 is 1.11 bits per heavy atom. The standard InChI is InChI=1S/C21H29N5O2/c1-15-7-3-6-10-18(15)22-20(27)25-13-11-16(12-14-25)19-23-24(2)21(28)26(19)17-8-4-5-9-17/h3,6-7,10,16-17H,4-5,8-9,11-14H2,1-2H3,(H,22,27). The van der Waals surface area contributed by atoms with E-state index in [2.05, 4.69) is 10.4 Å². The number of anilines is 1. The number of rotatable bonds is 3. The number of nitrogens with one attached hydrogen (secondary N) is 1. The van der Waals surface area contributed by atoms with Gasteiger partial charge in [-0.25, -0.2) is 14.3 Å². The first-order chi connectivity index (χ1) is 13.5. The lowest BCUT2D eigenvalue weighted by Crippen LogP contribution is -2.41. The topological polar surface area (TPSA) is 72.2 Å². The largest absolute Gasteiger partial charge is 0.345 e. The molecule has 2 amide bonds. The number of likely N-dealkylation sites (tertiary alicyclic amines) is 1. The van der Waals surface area contributed by atoms with Crippen LogP contribution in [-0.2, 0) is 7.05 Å². The van der Waals surface area contributed by atoms with Gasteiger partial charge in [-0.15, -0.1) is 0 Å². The lowest BCUT2D eigenvalue weighted by Gasteiger charge is -2.32. The predicted octanol–water partition coefficient (Wildman–Crippen LogP) is 3.42. The van der Waals surface area contributed by atoms with E-state index in [0.717, 1.165) is 42.8 Å². The molecule has 1 aromatic carbocycles. The molecule has 1 aliphatic carbocycles. The van der Waals surface area contributed by atoms with Crippen molar-refractivity contribution in [1.29, 1.82) is 0 Å². The fraction of sp³-hybridized carbons (Fsp3) is 0.571. The minimum Gasteiger partial charge on any atom is -0.324 e. The van der Waals surface area contributed by atoms with Crippen LogP contribution in [0.2, 0.25) is 0 Å². The molecule has 2 heterocycles. The van der Waals surface area contributed by atoms with Crippen molar-refractivity contribution in [3.05, 3.63) is 46.1 Å². The molecular weight excluding hydrogens is 354 g/mol. The molecule has 0 radical (unpaired) electrons. The molecule has 7 nitrogen and oxygen atoms in total. The van der Waals surface area contributed by atoms with Gasteiger partial charge in [-0.3, -0.25) is 4.57 Å². The summed E-state index contributed by atoms with van der Waals surface area (Å²) in [5, 5.41) is 7.59. The van der Waals surface area contributed by atoms with Gasteiger partial charge < -0.3 is 10.2 Å². The first-order valence-corrected chi connectivity index (χ1v) is 10.3. The molecule has 28 heavy (non-hydrogen) atoms. The summed E-state index contributed by atoms with van der Waals surface area (Å²) in [5.41, 5.74) is 1.91. The van der Waals surface area contributed by atoms with Crippen LogP contribution in [-0.4, -0.2) is 38.4 Å². The Morgan fingerprint density at radius 3 is 2.46 bits per heavy atom. The second kappa shape index (κ2) is 7.81. The smallest absolute Gasteiger partial charge is 0.324 e. The average Bonchev–Trinajstić information content (AvgIpc) is 3.32. The van der Waals surface area contributed by atoms with Gasteiger partial charge >= 0.3 is 11.7 Å². The summed E-state index contributed by atoms with van der Waals surface area (Å²) in [6.07, 6.45) is 6.17. The number of benzene rings is 1. The predicted molar refractivity (Wildman–Crippen MR) is 109 cm³/mol. The highest BCUT2D eigenvalue weighted by atomic mass is 16.2. The quantitative estimate of drug-likeness (QED) is 0.883. The Balaban J connectivity index is 1.43. The van der Waals surface area contributed by atoms with Crippen molar-refractivity contribution >= 4 is 11.7 Å². The molecule has 1 aliphatic heterocycles. The van der Waals surface area contributed by atoms with E-state index < -0.39 is 0 Å². The normalized spacial score (nSPS) is 18.6. The van der Waals surface area contributed by atoms with Crippen molar-refractivity contribution in [3.8, 4) is 0 Å². The highest BCUT2D eigenvalue weighted by Crippen LogP contribution is 2.33. The van der Waals surface area contributed by atoms with E-state index in [-0.39, 0.29) is 17.6 Å². The lowest BCUT2D eigenvalue weighted by atomic mass is 9.95. The number of carbonyl (C=O) groups is 1. The van der Waals surface area contributed by atoms with Crippen molar-refractivity contribution in [2.75, 3.05) is 18.4 Å². The van der Waals surface area contributed by atoms with Crippen LogP contribution < -0.4 is 11.0 Å². The Bertz CT molecular complexity index is 902. The Morgan fingerprint density at radius 2 is 1.79 bits per heavy atom. The van der Waals surface area contributed by atoms with E-state index in [1.165, 1.54) is 17.5 Å². The van der Waals surface area contributed by atoms with Gasteiger partial charge in [0, 0.05) is 37.8 Å². The molecule has 4 rings (SSSR count). The van der Waals surface area contributed by atoms with Gasteiger partial charge in [0.25, 0.3) is 0 Å². The molecule has 0 atom stereocenters. The van der Waals surface area contributed by atoms with Gasteiger partial charge in [0.15, 0.2) is 0 Å². The summed E-state index contributed by atoms with van der Waals surface area (Å²) in [6.45, 7) is 3.35. The zero-order valence-corrected chi connectivity index (χ0v) is 16.7. The number of aryl methyl sites for hydroxylation is 2. The fourth-order valence-corrected chi connectivity index (χ4v) is 4.53. The second-order valence-electron chi connectivity index (χ2n) is 8.08. The third kappa shape index (κ3) is 3.57. The maximum atomic E-state index is 12.6. The van der Waals surface area contributed by atoms with Gasteiger partial charge in [-0.05, 0) is 44.2 Å². The number of nitrogens with zero attached hydrogens (tertiary/aromatic N) is 4. The van der Waals surface area contributed by atoms with E-state index in [4.69, 9.17) is 0 Å². The molecule has 150 valence electrons. The zero-order valence-electron chi connectivity index (χ0n) is 16.7. The molecule has 1 saturated heterocycles. The average molecular weight is 383 g/mol. The second-order valence-corrected chi connectivity index (χ2v) is 8.08. The summed E-state index contributed by atoms with van der Waals surface area (Å²) in [6, 6.07) is 8.05. The molecule has 2 fully saturated rings. The van der Waals surface area contributed by atoms with E-state index in [9.17, 15) is 9.59 Å². The highest BCUT2D eigenvalue weighted by molar-refractivity contribution is 5.90. The molecule has 2 aliphatic rings. The number of para-hydroxylation sites is 1. The van der Waals surface area contributed by atoms with Crippen molar-refractivity contribution in [2.24, 2.45) is 7.05 Å². The van der Waals surface area contributed by atoms with Crippen molar-refractivity contribution in [2.45, 2.75) is 57.4 Å². The Kier molecular flexibility index (Phi) is 5.24. The van der Waals surface area contributed by atoms with Crippen LogP contribution in [0, 0.1) is 6.92 Å². The van der Waals surface area contributed by atoms with Crippen LogP contribution in [0.25, 0.3) is 0 Å². The summed E-state index contributed by atoms with van der Waals surface area (Å²) in [4.78, 5) is 27.1. The molecule has 1 aromatic heterocycles. The number of piperidine rings is 1. The van der Waals surface area contributed by atoms with Crippen LogP contribution in [0.4, 0.5) is 10.5 Å². The summed E-state index contributed by atoms with van der Waals surface area (Å²) >= 11 is 0. The van der Waals surface area contributed by atoms with Gasteiger partial charge in [0.05, 0.1) is 0 Å². The molecule has 0 bridgehead atoms. The zero-order chi connectivity index (χ0) is 19.7. The molecule has 7 heteroatoms. The molecule has 1 N–H and O–H groups in total. The van der Waals surface area contributed by atoms with Gasteiger partial charge in [-0.2, -0.15) is 5.10 Å². The number of aromatic nitrogens is 3. The van der Waals surface area contributed by atoms with E-state index in [1.807, 2.05) is 40.7 Å². The van der Waals surface area contributed by atoms with E-state index in [1.54, 1.807) is 7.05 Å². The summed E-state index contributed by atoms with van der Waals surface area (Å²) in [7, 11) is 1.74. The number of hydrogen-bond acceptors (Lipinski definition) is 3. The molecule has 0 spiro atoms. The number of hydrogen-bond donors (Lipinski definition) is 1.